The Labute approximate surface area is 192 Å². The minimum atomic E-state index is -3.67. The number of piperazine rings is 1. The first-order valence-electron chi connectivity index (χ1n) is 9.67. The fourth-order valence-corrected chi connectivity index (χ4v) is 2.82. The summed E-state index contributed by atoms with van der Waals surface area (Å²) >= 11 is 5.84. The van der Waals surface area contributed by atoms with Gasteiger partial charge in [-0.25, -0.2) is 0 Å². The number of benzene rings is 2. The molecule has 176 valence electrons. The maximum absolute atomic E-state index is 12.0. The molecule has 1 aliphatic rings. The number of carboxylic acid groups (broad SMARTS) is 1. The van der Waals surface area contributed by atoms with Gasteiger partial charge in [0.25, 0.3) is 16.0 Å². The predicted octanol–water partition coefficient (Wildman–Crippen LogP) is 1.53. The Balaban J connectivity index is 0.000000270. The molecule has 3 rings (SSSR count). The second-order valence-electron chi connectivity index (χ2n) is 6.92. The van der Waals surface area contributed by atoms with E-state index in [1.165, 1.54) is 0 Å². The van der Waals surface area contributed by atoms with Gasteiger partial charge < -0.3 is 21.1 Å². The fraction of sp³-hybridized carbons (Fsp3) is 0.333. The van der Waals surface area contributed by atoms with Gasteiger partial charge in [-0.2, -0.15) is 8.42 Å². The number of amides is 1. The highest BCUT2D eigenvalue weighted by molar-refractivity contribution is 7.85. The second kappa shape index (κ2) is 13.8. The molecule has 2 aromatic carbocycles. The van der Waals surface area contributed by atoms with Crippen molar-refractivity contribution in [2.24, 2.45) is 5.73 Å². The van der Waals surface area contributed by atoms with Gasteiger partial charge in [0.05, 0.1) is 6.26 Å². The molecule has 0 aliphatic carbocycles. The van der Waals surface area contributed by atoms with E-state index in [0.717, 1.165) is 31.7 Å². The Kier molecular flexibility index (Phi) is 11.9. The van der Waals surface area contributed by atoms with Gasteiger partial charge in [0.2, 0.25) is 0 Å². The molecule has 0 bridgehead atoms. The first-order chi connectivity index (χ1) is 15.0. The quantitative estimate of drug-likeness (QED) is 0.476. The van der Waals surface area contributed by atoms with Crippen molar-refractivity contribution in [3.63, 3.8) is 0 Å². The number of halogens is 1. The third-order valence-electron chi connectivity index (χ3n) is 4.09. The molecular formula is C21H28ClN3O6S. The molecule has 1 fully saturated rings. The van der Waals surface area contributed by atoms with Crippen LogP contribution in [0.3, 0.4) is 0 Å². The Morgan fingerprint density at radius 2 is 1.69 bits per heavy atom. The lowest BCUT2D eigenvalue weighted by molar-refractivity contribution is -0.138. The molecule has 0 spiro atoms. The summed E-state index contributed by atoms with van der Waals surface area (Å²) in [5.41, 5.74) is 6.97. The minimum absolute atomic E-state index is 0.0685. The Bertz CT molecular complexity index is 959. The number of nitrogens with zero attached hydrogens (tertiary/aromatic N) is 1. The van der Waals surface area contributed by atoms with Crippen molar-refractivity contribution in [2.45, 2.75) is 12.5 Å². The largest absolute Gasteiger partial charge is 0.480 e. The van der Waals surface area contributed by atoms with Crippen LogP contribution in [-0.2, 0) is 21.3 Å². The number of carbonyl (C=O) groups excluding carboxylic acids is 1. The van der Waals surface area contributed by atoms with Crippen LogP contribution in [0, 0.1) is 0 Å². The van der Waals surface area contributed by atoms with E-state index in [4.69, 9.17) is 27.0 Å². The standard InChI is InChI=1S/C11H13ClN2O.C9H11NO2.CH4O3S/c12-10-3-1-2-9(8-10)11(15)14-6-4-13-5-7-14;10-8(9(11)12)6-7-4-2-1-3-5-7;1-5(2,3)4/h1-3,8,13H,4-7H2;1-5,8H,6,10H2,(H,11,12);1H3,(H,2,3,4). The van der Waals surface area contributed by atoms with Crippen LogP contribution in [0.4, 0.5) is 0 Å². The van der Waals surface area contributed by atoms with Crippen LogP contribution in [0.15, 0.2) is 54.6 Å². The third kappa shape index (κ3) is 12.4. The fourth-order valence-electron chi connectivity index (χ4n) is 2.63. The van der Waals surface area contributed by atoms with E-state index in [1.807, 2.05) is 35.2 Å². The smallest absolute Gasteiger partial charge is 0.320 e. The summed E-state index contributed by atoms with van der Waals surface area (Å²) in [5.74, 6) is -0.891. The molecule has 1 unspecified atom stereocenters. The van der Waals surface area contributed by atoms with Gasteiger partial charge in [0.1, 0.15) is 6.04 Å². The molecule has 1 heterocycles. The molecule has 32 heavy (non-hydrogen) atoms. The average Bonchev–Trinajstić information content (AvgIpc) is 2.74. The van der Waals surface area contributed by atoms with Gasteiger partial charge in [-0.15, -0.1) is 0 Å². The van der Waals surface area contributed by atoms with Crippen molar-refractivity contribution in [1.82, 2.24) is 10.2 Å². The number of nitrogens with one attached hydrogen (secondary N) is 1. The molecule has 9 nitrogen and oxygen atoms in total. The van der Waals surface area contributed by atoms with Crippen molar-refractivity contribution >= 4 is 33.6 Å². The van der Waals surface area contributed by atoms with Crippen molar-refractivity contribution in [2.75, 3.05) is 32.4 Å². The van der Waals surface area contributed by atoms with E-state index in [1.54, 1.807) is 24.3 Å². The maximum Gasteiger partial charge on any atom is 0.320 e. The van der Waals surface area contributed by atoms with Crippen LogP contribution >= 0.6 is 11.6 Å². The van der Waals surface area contributed by atoms with Crippen LogP contribution in [0.5, 0.6) is 0 Å². The Morgan fingerprint density at radius 3 is 2.19 bits per heavy atom. The van der Waals surface area contributed by atoms with Crippen LogP contribution in [-0.4, -0.2) is 73.3 Å². The number of hydrogen-bond donors (Lipinski definition) is 4. The average molecular weight is 486 g/mol. The zero-order chi connectivity index (χ0) is 24.1. The van der Waals surface area contributed by atoms with Crippen molar-refractivity contribution in [3.8, 4) is 0 Å². The molecule has 0 saturated carbocycles. The molecule has 2 aromatic rings. The lowest BCUT2D eigenvalue weighted by Crippen LogP contribution is -2.46. The second-order valence-corrected chi connectivity index (χ2v) is 8.82. The molecule has 0 radical (unpaired) electrons. The van der Waals surface area contributed by atoms with E-state index >= 15 is 0 Å². The summed E-state index contributed by atoms with van der Waals surface area (Å²) in [5, 5.41) is 12.3. The van der Waals surface area contributed by atoms with Crippen molar-refractivity contribution in [1.29, 1.82) is 0 Å². The van der Waals surface area contributed by atoms with E-state index in [2.05, 4.69) is 5.32 Å². The van der Waals surface area contributed by atoms with Crippen molar-refractivity contribution < 1.29 is 27.7 Å². The summed E-state index contributed by atoms with van der Waals surface area (Å²) in [4.78, 5) is 24.2. The van der Waals surface area contributed by atoms with Gasteiger partial charge in [-0.1, -0.05) is 48.0 Å². The third-order valence-corrected chi connectivity index (χ3v) is 4.33. The van der Waals surface area contributed by atoms with E-state index < -0.39 is 22.1 Å². The zero-order valence-electron chi connectivity index (χ0n) is 17.6. The SMILES string of the molecule is CS(=O)(=O)O.NC(Cc1ccccc1)C(=O)O.O=C(c1cccc(Cl)c1)N1CCNCC1. The number of carbonyl (C=O) groups is 2. The number of aliphatic carboxylic acids is 1. The molecule has 0 aromatic heterocycles. The molecule has 5 N–H and O–H groups in total. The van der Waals surface area contributed by atoms with E-state index in [9.17, 15) is 18.0 Å². The Morgan fingerprint density at radius 1 is 1.12 bits per heavy atom. The highest BCUT2D eigenvalue weighted by Gasteiger charge is 2.17. The molecular weight excluding hydrogens is 458 g/mol. The monoisotopic (exact) mass is 485 g/mol. The van der Waals surface area contributed by atoms with Crippen LogP contribution < -0.4 is 11.1 Å². The zero-order valence-corrected chi connectivity index (χ0v) is 19.2. The van der Waals surface area contributed by atoms with Gasteiger partial charge in [-0.3, -0.25) is 14.1 Å². The summed E-state index contributed by atoms with van der Waals surface area (Å²) in [6.07, 6.45) is 1.10. The van der Waals surface area contributed by atoms with E-state index in [0.29, 0.717) is 23.3 Å². The predicted molar refractivity (Wildman–Crippen MR) is 123 cm³/mol. The van der Waals surface area contributed by atoms with Gasteiger partial charge in [0, 0.05) is 36.8 Å². The molecule has 1 saturated heterocycles. The molecule has 1 atom stereocenters. The molecule has 11 heteroatoms. The minimum Gasteiger partial charge on any atom is -0.480 e. The maximum atomic E-state index is 12.0. The summed E-state index contributed by atoms with van der Waals surface area (Å²) in [6.45, 7) is 3.27. The lowest BCUT2D eigenvalue weighted by atomic mass is 10.1. The van der Waals surface area contributed by atoms with Crippen molar-refractivity contribution in [3.05, 3.63) is 70.7 Å². The number of rotatable bonds is 4. The van der Waals surface area contributed by atoms with Gasteiger partial charge in [-0.05, 0) is 30.2 Å². The molecule has 1 amide bonds. The highest BCUT2D eigenvalue weighted by atomic mass is 35.5. The normalized spacial score (nSPS) is 14.2. The summed E-state index contributed by atoms with van der Waals surface area (Å²) < 4.78 is 25.9. The number of hydrogen-bond acceptors (Lipinski definition) is 6. The first-order valence-corrected chi connectivity index (χ1v) is 11.9. The van der Waals surface area contributed by atoms with Crippen LogP contribution in [0.1, 0.15) is 15.9 Å². The van der Waals surface area contributed by atoms with Gasteiger partial charge in [0.15, 0.2) is 0 Å². The van der Waals surface area contributed by atoms with Crippen LogP contribution in [0.25, 0.3) is 0 Å². The van der Waals surface area contributed by atoms with Crippen LogP contribution in [0.2, 0.25) is 5.02 Å². The summed E-state index contributed by atoms with van der Waals surface area (Å²) in [7, 11) is -3.67. The molecule has 1 aliphatic heterocycles. The Hall–Kier alpha value is -2.50. The highest BCUT2D eigenvalue weighted by Crippen LogP contribution is 2.13. The van der Waals surface area contributed by atoms with Gasteiger partial charge >= 0.3 is 5.97 Å². The summed E-state index contributed by atoms with van der Waals surface area (Å²) in [6, 6.07) is 15.6. The first kappa shape index (κ1) is 27.5. The number of carboxylic acids is 1. The number of nitrogens with two attached hydrogens (primary N) is 1. The topological polar surface area (TPSA) is 150 Å². The lowest BCUT2D eigenvalue weighted by Gasteiger charge is -2.27. The van der Waals surface area contributed by atoms with E-state index in [-0.39, 0.29) is 5.91 Å².